The number of para-hydroxylation sites is 2. The molecule has 0 aliphatic carbocycles. The van der Waals surface area contributed by atoms with Crippen LogP contribution in [-0.4, -0.2) is 16.3 Å². The van der Waals surface area contributed by atoms with Crippen molar-refractivity contribution in [1.82, 2.24) is 4.57 Å². The average molecular weight is 261 g/mol. The summed E-state index contributed by atoms with van der Waals surface area (Å²) in [5, 5.41) is 8.74. The summed E-state index contributed by atoms with van der Waals surface area (Å²) >= 11 is 0. The van der Waals surface area contributed by atoms with E-state index in [0.29, 0.717) is 6.61 Å². The van der Waals surface area contributed by atoms with E-state index in [1.165, 1.54) is 30.3 Å². The number of rotatable bonds is 8. The maximum absolute atomic E-state index is 8.74. The normalized spacial score (nSPS) is 11.3. The number of benzene rings is 1. The lowest BCUT2D eigenvalue weighted by Gasteiger charge is -1.99. The minimum atomic E-state index is 0.332. The van der Waals surface area contributed by atoms with Gasteiger partial charge in [0.2, 0.25) is 6.33 Å². The zero-order chi connectivity index (χ0) is 13.5. The fraction of sp³-hybridized carbons (Fsp3) is 0.562. The van der Waals surface area contributed by atoms with Crippen LogP contribution < -0.4 is 4.57 Å². The summed E-state index contributed by atoms with van der Waals surface area (Å²) in [5.41, 5.74) is 2.66. The Bertz CT molecular complexity index is 504. The van der Waals surface area contributed by atoms with Gasteiger partial charge >= 0.3 is 0 Å². The van der Waals surface area contributed by atoms with Crippen molar-refractivity contribution in [2.75, 3.05) is 6.61 Å². The van der Waals surface area contributed by atoms with E-state index in [9.17, 15) is 0 Å². The summed E-state index contributed by atoms with van der Waals surface area (Å²) in [5.74, 6) is 0. The zero-order valence-corrected chi connectivity index (χ0v) is 11.9. The van der Waals surface area contributed by atoms with Crippen LogP contribution in [0.3, 0.4) is 0 Å². The number of aliphatic hydroxyl groups is 1. The minimum absolute atomic E-state index is 0.332. The van der Waals surface area contributed by atoms with Gasteiger partial charge in [-0.15, -0.1) is 0 Å². The molecule has 19 heavy (non-hydrogen) atoms. The molecular formula is C16H25N2O+. The lowest BCUT2D eigenvalue weighted by molar-refractivity contribution is -0.672. The van der Waals surface area contributed by atoms with Gasteiger partial charge in [-0.3, -0.25) is 0 Å². The summed E-state index contributed by atoms with van der Waals surface area (Å²) in [6.07, 6.45) is 8.03. The monoisotopic (exact) mass is 261 g/mol. The van der Waals surface area contributed by atoms with Crippen LogP contribution >= 0.6 is 0 Å². The summed E-state index contributed by atoms with van der Waals surface area (Å²) in [7, 11) is 0. The number of hydrogen-bond donors (Lipinski definition) is 1. The fourth-order valence-corrected chi connectivity index (χ4v) is 2.60. The highest BCUT2D eigenvalue weighted by atomic mass is 16.2. The van der Waals surface area contributed by atoms with E-state index in [1.807, 2.05) is 0 Å². The topological polar surface area (TPSA) is 29.0 Å². The van der Waals surface area contributed by atoms with Crippen molar-refractivity contribution in [2.45, 2.75) is 52.1 Å². The number of hydrogen-bond acceptors (Lipinski definition) is 1. The quantitative estimate of drug-likeness (QED) is 0.574. The van der Waals surface area contributed by atoms with Crippen molar-refractivity contribution in [2.24, 2.45) is 0 Å². The number of aryl methyl sites for hydroxylation is 2. The standard InChI is InChI=1S/C16H25N2O/c1-2-17-14-18(12-8-4-3-5-9-13-19)16-11-7-6-10-15(16)17/h6-7,10-11,14,19H,2-5,8-9,12-13H2,1H3/q+1. The van der Waals surface area contributed by atoms with E-state index < -0.39 is 0 Å². The van der Waals surface area contributed by atoms with E-state index in [2.05, 4.69) is 46.7 Å². The molecule has 104 valence electrons. The van der Waals surface area contributed by atoms with E-state index in [1.54, 1.807) is 0 Å². The lowest BCUT2D eigenvalue weighted by Crippen LogP contribution is -2.32. The molecule has 2 rings (SSSR count). The third-order valence-corrected chi connectivity index (χ3v) is 3.68. The first-order chi connectivity index (χ1) is 9.36. The smallest absolute Gasteiger partial charge is 0.244 e. The van der Waals surface area contributed by atoms with E-state index in [0.717, 1.165) is 25.9 Å². The molecule has 2 aromatic rings. The molecule has 0 spiro atoms. The molecule has 0 saturated heterocycles. The van der Waals surface area contributed by atoms with Gasteiger partial charge in [-0.1, -0.05) is 25.0 Å². The summed E-state index contributed by atoms with van der Waals surface area (Å²) in [6, 6.07) is 8.61. The summed E-state index contributed by atoms with van der Waals surface area (Å²) < 4.78 is 4.67. The van der Waals surface area contributed by atoms with Crippen LogP contribution in [0.25, 0.3) is 11.0 Å². The minimum Gasteiger partial charge on any atom is -0.396 e. The molecular weight excluding hydrogens is 236 g/mol. The Balaban J connectivity index is 1.93. The van der Waals surface area contributed by atoms with Gasteiger partial charge in [0, 0.05) is 6.61 Å². The molecule has 1 aromatic heterocycles. The molecule has 0 aliphatic heterocycles. The van der Waals surface area contributed by atoms with Crippen LogP contribution in [-0.2, 0) is 13.1 Å². The molecule has 0 radical (unpaired) electrons. The molecule has 0 saturated carbocycles. The second-order valence-electron chi connectivity index (χ2n) is 5.07. The van der Waals surface area contributed by atoms with E-state index >= 15 is 0 Å². The highest BCUT2D eigenvalue weighted by Gasteiger charge is 2.12. The van der Waals surface area contributed by atoms with Gasteiger partial charge in [0.05, 0.1) is 13.1 Å². The first-order valence-corrected chi connectivity index (χ1v) is 7.45. The molecule has 1 N–H and O–H groups in total. The Kier molecular flexibility index (Phi) is 5.40. The number of unbranched alkanes of at least 4 members (excludes halogenated alkanes) is 4. The second kappa shape index (κ2) is 7.29. The average Bonchev–Trinajstić information content (AvgIpc) is 2.81. The Hall–Kier alpha value is -1.35. The molecule has 1 heterocycles. The summed E-state index contributed by atoms with van der Waals surface area (Å²) in [6.45, 7) is 4.63. The van der Waals surface area contributed by atoms with Crippen molar-refractivity contribution in [1.29, 1.82) is 0 Å². The number of aromatic nitrogens is 2. The first-order valence-electron chi connectivity index (χ1n) is 7.45. The maximum atomic E-state index is 8.74. The molecule has 1 aromatic carbocycles. The van der Waals surface area contributed by atoms with Crippen molar-refractivity contribution < 1.29 is 9.67 Å². The molecule has 3 nitrogen and oxygen atoms in total. The predicted octanol–water partition coefficient (Wildman–Crippen LogP) is 2.89. The number of imidazole rings is 1. The van der Waals surface area contributed by atoms with Crippen LogP contribution in [0.15, 0.2) is 30.6 Å². The lowest BCUT2D eigenvalue weighted by atomic mass is 10.1. The number of aliphatic hydroxyl groups excluding tert-OH is 1. The van der Waals surface area contributed by atoms with Gasteiger partial charge in [-0.25, -0.2) is 9.13 Å². The Morgan fingerprint density at radius 3 is 2.58 bits per heavy atom. The van der Waals surface area contributed by atoms with Crippen LogP contribution in [0, 0.1) is 0 Å². The molecule has 0 aliphatic rings. The second-order valence-corrected chi connectivity index (χ2v) is 5.07. The van der Waals surface area contributed by atoms with Gasteiger partial charge in [0.25, 0.3) is 0 Å². The zero-order valence-electron chi connectivity index (χ0n) is 11.9. The molecule has 0 amide bonds. The number of nitrogens with zero attached hydrogens (tertiary/aromatic N) is 2. The fourth-order valence-electron chi connectivity index (χ4n) is 2.60. The van der Waals surface area contributed by atoms with Crippen LogP contribution in [0.5, 0.6) is 0 Å². The highest BCUT2D eigenvalue weighted by molar-refractivity contribution is 5.71. The van der Waals surface area contributed by atoms with Crippen molar-refractivity contribution in [3.63, 3.8) is 0 Å². The molecule has 0 unspecified atom stereocenters. The maximum Gasteiger partial charge on any atom is 0.244 e. The van der Waals surface area contributed by atoms with Crippen LogP contribution in [0.2, 0.25) is 0 Å². The van der Waals surface area contributed by atoms with Gasteiger partial charge in [-0.2, -0.15) is 0 Å². The first kappa shape index (κ1) is 14.1. The van der Waals surface area contributed by atoms with Crippen LogP contribution in [0.1, 0.15) is 39.0 Å². The molecule has 0 fully saturated rings. The van der Waals surface area contributed by atoms with Gasteiger partial charge in [0.1, 0.15) is 0 Å². The number of fused-ring (bicyclic) bond motifs is 1. The van der Waals surface area contributed by atoms with E-state index in [-0.39, 0.29) is 0 Å². The Labute approximate surface area is 115 Å². The predicted molar refractivity (Wildman–Crippen MR) is 78.0 cm³/mol. The third-order valence-electron chi connectivity index (χ3n) is 3.68. The van der Waals surface area contributed by atoms with Crippen molar-refractivity contribution in [3.8, 4) is 0 Å². The molecule has 3 heteroatoms. The van der Waals surface area contributed by atoms with Gasteiger partial charge in [0.15, 0.2) is 11.0 Å². The largest absolute Gasteiger partial charge is 0.396 e. The van der Waals surface area contributed by atoms with E-state index in [4.69, 9.17) is 5.11 Å². The Morgan fingerprint density at radius 2 is 1.79 bits per heavy atom. The highest BCUT2D eigenvalue weighted by Crippen LogP contribution is 2.11. The summed E-state index contributed by atoms with van der Waals surface area (Å²) in [4.78, 5) is 0. The Morgan fingerprint density at radius 1 is 1.05 bits per heavy atom. The van der Waals surface area contributed by atoms with Gasteiger partial charge in [-0.05, 0) is 38.3 Å². The van der Waals surface area contributed by atoms with Crippen molar-refractivity contribution >= 4 is 11.0 Å². The third kappa shape index (κ3) is 3.57. The SMILES string of the molecule is CCn1c[n+](CCCCCCCO)c2ccccc21. The van der Waals surface area contributed by atoms with Crippen molar-refractivity contribution in [3.05, 3.63) is 30.6 Å². The molecule has 0 atom stereocenters. The van der Waals surface area contributed by atoms with Gasteiger partial charge < -0.3 is 5.11 Å². The molecule has 0 bridgehead atoms. The van der Waals surface area contributed by atoms with Crippen LogP contribution in [0.4, 0.5) is 0 Å².